The van der Waals surface area contributed by atoms with Gasteiger partial charge >= 0.3 is 12.2 Å². The molecule has 1 atom stereocenters. The maximum atomic E-state index is 14.0. The lowest BCUT2D eigenvalue weighted by molar-refractivity contribution is 0.0214. The van der Waals surface area contributed by atoms with E-state index < -0.39 is 35.0 Å². The molecular formula is C25H32FN5O5. The molecular weight excluding hydrogens is 469 g/mol. The third-order valence-electron chi connectivity index (χ3n) is 5.72. The highest BCUT2D eigenvalue weighted by atomic mass is 19.1. The van der Waals surface area contributed by atoms with E-state index in [-0.39, 0.29) is 23.8 Å². The average molecular weight is 502 g/mol. The normalized spacial score (nSPS) is 17.9. The zero-order valence-electron chi connectivity index (χ0n) is 21.4. The van der Waals surface area contributed by atoms with Crippen molar-refractivity contribution in [1.29, 1.82) is 0 Å². The Labute approximate surface area is 209 Å². The molecule has 0 unspecified atom stereocenters. The third kappa shape index (κ3) is 5.29. The van der Waals surface area contributed by atoms with Crippen molar-refractivity contribution in [3.05, 3.63) is 30.1 Å². The number of hydrogen-bond acceptors (Lipinski definition) is 8. The summed E-state index contributed by atoms with van der Waals surface area (Å²) in [5.41, 5.74) is -0.346. The van der Waals surface area contributed by atoms with Crippen LogP contribution < -0.4 is 9.80 Å². The number of hydrogen-bond donors (Lipinski definition) is 1. The number of amides is 2. The van der Waals surface area contributed by atoms with Crippen LogP contribution in [0.3, 0.4) is 0 Å². The van der Waals surface area contributed by atoms with Gasteiger partial charge in [-0.3, -0.25) is 4.90 Å². The van der Waals surface area contributed by atoms with Crippen molar-refractivity contribution in [1.82, 2.24) is 15.1 Å². The van der Waals surface area contributed by atoms with Crippen LogP contribution in [0, 0.1) is 5.82 Å². The van der Waals surface area contributed by atoms with Crippen LogP contribution in [0.15, 0.2) is 24.3 Å². The van der Waals surface area contributed by atoms with Crippen LogP contribution >= 0.6 is 0 Å². The minimum atomic E-state index is -0.772. The van der Waals surface area contributed by atoms with Crippen LogP contribution in [-0.2, 0) is 9.47 Å². The molecule has 11 heteroatoms. The summed E-state index contributed by atoms with van der Waals surface area (Å²) < 4.78 is 25.2. The Kier molecular flexibility index (Phi) is 6.44. The Hall–Kier alpha value is -3.63. The van der Waals surface area contributed by atoms with Gasteiger partial charge in [0.05, 0.1) is 24.0 Å². The first-order valence-electron chi connectivity index (χ1n) is 11.8. The summed E-state index contributed by atoms with van der Waals surface area (Å²) in [6.45, 7) is 12.1. The zero-order chi connectivity index (χ0) is 26.4. The lowest BCUT2D eigenvalue weighted by Crippen LogP contribution is -2.62. The lowest BCUT2D eigenvalue weighted by Gasteiger charge is -2.48. The van der Waals surface area contributed by atoms with E-state index in [9.17, 15) is 19.1 Å². The first-order chi connectivity index (χ1) is 16.7. The molecule has 4 rings (SSSR count). The monoisotopic (exact) mass is 501 g/mol. The SMILES string of the molecule is CC(C)(C)OC(=O)N1CCN2c3cc(-c4cccc(F)c4O)nnc3N(C(=O)OC(C)(C)C)C[C@H]2C1. The first-order valence-corrected chi connectivity index (χ1v) is 11.8. The van der Waals surface area contributed by atoms with Crippen LogP contribution in [0.4, 0.5) is 25.5 Å². The molecule has 0 bridgehead atoms. The summed E-state index contributed by atoms with van der Waals surface area (Å²) in [4.78, 5) is 30.9. The van der Waals surface area contributed by atoms with Crippen molar-refractivity contribution in [2.24, 2.45) is 0 Å². The van der Waals surface area contributed by atoms with Gasteiger partial charge < -0.3 is 24.4 Å². The van der Waals surface area contributed by atoms with Crippen LogP contribution in [0.5, 0.6) is 5.75 Å². The molecule has 1 N–H and O–H groups in total. The third-order valence-corrected chi connectivity index (χ3v) is 5.72. The molecule has 10 nitrogen and oxygen atoms in total. The molecule has 0 aliphatic carbocycles. The molecule has 2 aliphatic heterocycles. The maximum Gasteiger partial charge on any atom is 0.416 e. The van der Waals surface area contributed by atoms with E-state index in [1.54, 1.807) is 37.8 Å². The smallest absolute Gasteiger partial charge is 0.416 e. The number of nitrogens with zero attached hydrogens (tertiary/aromatic N) is 5. The Morgan fingerprint density at radius 2 is 1.67 bits per heavy atom. The highest BCUT2D eigenvalue weighted by Gasteiger charge is 2.41. The summed E-state index contributed by atoms with van der Waals surface area (Å²) in [7, 11) is 0. The number of phenolic OH excluding ortho intramolecular Hbond substituents is 1. The van der Waals surface area contributed by atoms with Gasteiger partial charge in [0.15, 0.2) is 17.4 Å². The number of phenols is 1. The summed E-state index contributed by atoms with van der Waals surface area (Å²) in [5, 5.41) is 18.7. The molecule has 0 saturated carbocycles. The average Bonchev–Trinajstić information content (AvgIpc) is 2.77. The van der Waals surface area contributed by atoms with Crippen molar-refractivity contribution in [2.45, 2.75) is 58.8 Å². The van der Waals surface area contributed by atoms with E-state index in [0.717, 1.165) is 6.07 Å². The second kappa shape index (κ2) is 9.11. The second-order valence-corrected chi connectivity index (χ2v) is 10.9. The molecule has 1 aromatic heterocycles. The second-order valence-electron chi connectivity index (χ2n) is 10.9. The van der Waals surface area contributed by atoms with Gasteiger partial charge in [-0.15, -0.1) is 10.2 Å². The van der Waals surface area contributed by atoms with E-state index >= 15 is 0 Å². The fraction of sp³-hybridized carbons (Fsp3) is 0.520. The Bertz CT molecular complexity index is 1180. The lowest BCUT2D eigenvalue weighted by atomic mass is 10.0. The largest absolute Gasteiger partial charge is 0.504 e. The number of carbonyl (C=O) groups excluding carboxylic acids is 2. The predicted octanol–water partition coefficient (Wildman–Crippen LogP) is 4.17. The van der Waals surface area contributed by atoms with Gasteiger partial charge in [-0.2, -0.15) is 0 Å². The van der Waals surface area contributed by atoms with E-state index in [2.05, 4.69) is 10.2 Å². The number of aromatic nitrogens is 2. The molecule has 2 amide bonds. The summed E-state index contributed by atoms with van der Waals surface area (Å²) in [6, 6.07) is 5.57. The molecule has 1 saturated heterocycles. The van der Waals surface area contributed by atoms with Crippen LogP contribution in [0.2, 0.25) is 0 Å². The first kappa shape index (κ1) is 25.5. The molecule has 1 fully saturated rings. The predicted molar refractivity (Wildman–Crippen MR) is 132 cm³/mol. The van der Waals surface area contributed by atoms with Gasteiger partial charge in [-0.1, -0.05) is 6.07 Å². The summed E-state index contributed by atoms with van der Waals surface area (Å²) in [6.07, 6.45) is -1.01. The fourth-order valence-electron chi connectivity index (χ4n) is 4.23. The van der Waals surface area contributed by atoms with E-state index in [0.29, 0.717) is 31.1 Å². The zero-order valence-corrected chi connectivity index (χ0v) is 21.4. The molecule has 0 spiro atoms. The van der Waals surface area contributed by atoms with Crippen LogP contribution in [-0.4, -0.2) is 75.8 Å². The molecule has 36 heavy (non-hydrogen) atoms. The van der Waals surface area contributed by atoms with Crippen molar-refractivity contribution >= 4 is 23.7 Å². The van der Waals surface area contributed by atoms with E-state index in [1.807, 2.05) is 25.7 Å². The van der Waals surface area contributed by atoms with Gasteiger partial charge in [0.2, 0.25) is 0 Å². The Morgan fingerprint density at radius 1 is 1.00 bits per heavy atom. The summed E-state index contributed by atoms with van der Waals surface area (Å²) >= 11 is 0. The quantitative estimate of drug-likeness (QED) is 0.620. The van der Waals surface area contributed by atoms with Gasteiger partial charge in [0, 0.05) is 25.2 Å². The number of halogens is 1. The number of rotatable bonds is 1. The van der Waals surface area contributed by atoms with Crippen LogP contribution in [0.25, 0.3) is 11.3 Å². The Morgan fingerprint density at radius 3 is 2.33 bits per heavy atom. The van der Waals surface area contributed by atoms with Crippen molar-refractivity contribution < 1.29 is 28.6 Å². The van der Waals surface area contributed by atoms with E-state index in [1.165, 1.54) is 11.0 Å². The molecule has 194 valence electrons. The number of ether oxygens (including phenoxy) is 2. The van der Waals surface area contributed by atoms with Crippen molar-refractivity contribution in [3.63, 3.8) is 0 Å². The van der Waals surface area contributed by atoms with E-state index in [4.69, 9.17) is 9.47 Å². The molecule has 0 radical (unpaired) electrons. The minimum Gasteiger partial charge on any atom is -0.504 e. The topological polar surface area (TPSA) is 108 Å². The highest BCUT2D eigenvalue weighted by molar-refractivity contribution is 5.93. The fourth-order valence-corrected chi connectivity index (χ4v) is 4.23. The maximum absolute atomic E-state index is 14.0. The number of anilines is 2. The molecule has 1 aromatic carbocycles. The molecule has 3 heterocycles. The van der Waals surface area contributed by atoms with Crippen LogP contribution in [0.1, 0.15) is 41.5 Å². The standard InChI is InChI=1S/C25H32FN5O5/c1-24(2,3)35-22(33)29-10-11-30-15(13-29)14-31(23(34)36-25(4,5)6)21-19(30)12-18(27-28-21)16-8-7-9-17(26)20(16)32/h7-9,12,15,32H,10-11,13-14H2,1-6H3/t15-/m1/s1. The van der Waals surface area contributed by atoms with Gasteiger partial charge in [-0.25, -0.2) is 14.0 Å². The number of piperazine rings is 1. The Balaban J connectivity index is 1.72. The van der Waals surface area contributed by atoms with Crippen molar-refractivity contribution in [3.8, 4) is 17.0 Å². The molecule has 2 aliphatic rings. The number of aromatic hydroxyl groups is 1. The van der Waals surface area contributed by atoms with Gasteiger partial charge in [0.1, 0.15) is 11.2 Å². The minimum absolute atomic E-state index is 0.184. The molecule has 2 aromatic rings. The van der Waals surface area contributed by atoms with Gasteiger partial charge in [0.25, 0.3) is 0 Å². The number of fused-ring (bicyclic) bond motifs is 3. The number of carbonyl (C=O) groups is 2. The number of benzene rings is 1. The number of para-hydroxylation sites is 1. The van der Waals surface area contributed by atoms with Gasteiger partial charge in [-0.05, 0) is 59.7 Å². The highest BCUT2D eigenvalue weighted by Crippen LogP contribution is 2.39. The summed E-state index contributed by atoms with van der Waals surface area (Å²) in [5.74, 6) is -1.00. The van der Waals surface area contributed by atoms with Crippen molar-refractivity contribution in [2.75, 3.05) is 36.0 Å².